The summed E-state index contributed by atoms with van der Waals surface area (Å²) in [5.41, 5.74) is 0.360. The topological polar surface area (TPSA) is 91.2 Å². The minimum Gasteiger partial charge on any atom is -0.462 e. The van der Waals surface area contributed by atoms with Gasteiger partial charge in [-0.1, -0.05) is 18.7 Å². The minimum absolute atomic E-state index is 0.0463. The number of allylic oxidation sites excluding steroid dienone is 2. The highest BCUT2D eigenvalue weighted by Gasteiger charge is 2.31. The Morgan fingerprint density at radius 2 is 1.63 bits per heavy atom. The molecule has 0 saturated heterocycles. The maximum Gasteiger partial charge on any atom is 0.129 e. The van der Waals surface area contributed by atoms with E-state index < -0.39 is 24.9 Å². The fourth-order valence-corrected chi connectivity index (χ4v) is 3.02. The van der Waals surface area contributed by atoms with E-state index in [0.29, 0.717) is 22.8 Å². The molecule has 7 heteroatoms. The lowest BCUT2D eigenvalue weighted by atomic mass is 9.92. The SMILES string of the molecule is C=C(C)O/C(=C\C)c1ccc(Oc2ccc(C(O)CC(CO)(CO)NCl)cc2)cc1. The van der Waals surface area contributed by atoms with Crippen molar-refractivity contribution in [2.45, 2.75) is 31.9 Å². The van der Waals surface area contributed by atoms with Crippen LogP contribution in [0.2, 0.25) is 0 Å². The van der Waals surface area contributed by atoms with Crippen molar-refractivity contribution in [3.8, 4) is 11.5 Å². The zero-order valence-electron chi connectivity index (χ0n) is 17.1. The lowest BCUT2D eigenvalue weighted by Gasteiger charge is -2.30. The maximum absolute atomic E-state index is 10.4. The number of nitrogens with one attached hydrogen (secondary N) is 1. The predicted octanol–water partition coefficient (Wildman–Crippen LogP) is 4.28. The van der Waals surface area contributed by atoms with Gasteiger partial charge in [0.15, 0.2) is 0 Å². The Hall–Kier alpha value is -2.35. The molecule has 1 atom stereocenters. The van der Waals surface area contributed by atoms with Gasteiger partial charge in [-0.3, -0.25) is 0 Å². The van der Waals surface area contributed by atoms with Crippen molar-refractivity contribution >= 4 is 17.5 Å². The number of benzene rings is 2. The van der Waals surface area contributed by atoms with Crippen LogP contribution in [0.1, 0.15) is 37.5 Å². The van der Waals surface area contributed by atoms with Gasteiger partial charge in [-0.15, -0.1) is 0 Å². The van der Waals surface area contributed by atoms with Crippen LogP contribution >= 0.6 is 11.8 Å². The average molecular weight is 434 g/mol. The number of aliphatic hydroxyl groups is 3. The number of hydrogen-bond acceptors (Lipinski definition) is 6. The molecule has 0 bridgehead atoms. The second-order valence-electron chi connectivity index (χ2n) is 7.06. The Morgan fingerprint density at radius 3 is 2.07 bits per heavy atom. The third-order valence-electron chi connectivity index (χ3n) is 4.58. The van der Waals surface area contributed by atoms with E-state index >= 15 is 0 Å². The van der Waals surface area contributed by atoms with E-state index in [1.807, 2.05) is 37.3 Å². The summed E-state index contributed by atoms with van der Waals surface area (Å²) in [5, 5.41) is 29.3. The molecule has 2 aromatic rings. The van der Waals surface area contributed by atoms with Gasteiger partial charge in [0, 0.05) is 12.0 Å². The molecule has 6 nitrogen and oxygen atoms in total. The van der Waals surface area contributed by atoms with Crippen molar-refractivity contribution in [2.24, 2.45) is 0 Å². The standard InChI is InChI=1S/C23H28ClNO5/c1-4-22(29-16(2)3)18-7-11-20(12-8-18)30-19-9-5-17(6-10-19)21(28)13-23(14-26,15-27)25-24/h4-12,21,25-28H,2,13-15H2,1,3H3/b22-4-. The summed E-state index contributed by atoms with van der Waals surface area (Å²) in [6.45, 7) is 6.63. The lowest BCUT2D eigenvalue weighted by Crippen LogP contribution is -2.48. The Labute approximate surface area is 182 Å². The smallest absolute Gasteiger partial charge is 0.129 e. The first-order valence-corrected chi connectivity index (χ1v) is 9.89. The van der Waals surface area contributed by atoms with Crippen LogP contribution in [0.25, 0.3) is 5.76 Å². The van der Waals surface area contributed by atoms with Crippen LogP contribution in [-0.4, -0.2) is 34.1 Å². The molecular formula is C23H28ClNO5. The number of rotatable bonds is 11. The second kappa shape index (κ2) is 11.2. The van der Waals surface area contributed by atoms with Crippen LogP contribution in [0, 0.1) is 0 Å². The summed E-state index contributed by atoms with van der Waals surface area (Å²) in [6, 6.07) is 14.4. The molecule has 0 fully saturated rings. The molecule has 0 spiro atoms. The highest BCUT2D eigenvalue weighted by Crippen LogP contribution is 2.29. The van der Waals surface area contributed by atoms with E-state index in [9.17, 15) is 15.3 Å². The lowest BCUT2D eigenvalue weighted by molar-refractivity contribution is 0.0526. The molecule has 0 heterocycles. The highest BCUT2D eigenvalue weighted by atomic mass is 35.5. The maximum atomic E-state index is 10.4. The van der Waals surface area contributed by atoms with Crippen LogP contribution in [0.15, 0.2) is 66.9 Å². The van der Waals surface area contributed by atoms with Gasteiger partial charge in [0.1, 0.15) is 17.3 Å². The molecule has 2 rings (SSSR count). The van der Waals surface area contributed by atoms with Crippen molar-refractivity contribution in [2.75, 3.05) is 13.2 Å². The van der Waals surface area contributed by atoms with E-state index in [1.54, 1.807) is 31.2 Å². The molecule has 1 unspecified atom stereocenters. The normalized spacial score (nSPS) is 13.1. The monoisotopic (exact) mass is 433 g/mol. The molecule has 0 radical (unpaired) electrons. The van der Waals surface area contributed by atoms with Gasteiger partial charge < -0.3 is 24.8 Å². The number of ether oxygens (including phenoxy) is 2. The first kappa shape index (κ1) is 23.9. The average Bonchev–Trinajstić information content (AvgIpc) is 2.77. The van der Waals surface area contributed by atoms with Crippen LogP contribution in [-0.2, 0) is 4.74 Å². The molecular weight excluding hydrogens is 406 g/mol. The van der Waals surface area contributed by atoms with Gasteiger partial charge in [0.2, 0.25) is 0 Å². The van der Waals surface area contributed by atoms with Gasteiger partial charge in [-0.05, 0) is 73.7 Å². The summed E-state index contributed by atoms with van der Waals surface area (Å²) < 4.78 is 11.5. The first-order valence-electron chi connectivity index (χ1n) is 9.52. The molecule has 162 valence electrons. The van der Waals surface area contributed by atoms with Gasteiger partial charge in [-0.25, -0.2) is 4.84 Å². The van der Waals surface area contributed by atoms with Gasteiger partial charge in [-0.2, -0.15) is 0 Å². The van der Waals surface area contributed by atoms with Crippen molar-refractivity contribution in [1.82, 2.24) is 4.84 Å². The Morgan fingerprint density at radius 1 is 1.10 bits per heavy atom. The molecule has 0 saturated carbocycles. The first-order chi connectivity index (χ1) is 14.4. The fraction of sp³-hybridized carbons (Fsp3) is 0.304. The van der Waals surface area contributed by atoms with E-state index in [4.69, 9.17) is 21.3 Å². The second-order valence-corrected chi connectivity index (χ2v) is 7.25. The van der Waals surface area contributed by atoms with E-state index in [1.165, 1.54) is 0 Å². The zero-order valence-corrected chi connectivity index (χ0v) is 17.9. The molecule has 2 aromatic carbocycles. The molecule has 30 heavy (non-hydrogen) atoms. The predicted molar refractivity (Wildman–Crippen MR) is 118 cm³/mol. The number of aliphatic hydroxyl groups excluding tert-OH is 3. The zero-order chi connectivity index (χ0) is 22.1. The summed E-state index contributed by atoms with van der Waals surface area (Å²) in [4.78, 5) is 2.36. The third-order valence-corrected chi connectivity index (χ3v) is 4.98. The number of hydrogen-bond donors (Lipinski definition) is 4. The summed E-state index contributed by atoms with van der Waals surface area (Å²) in [7, 11) is 0. The summed E-state index contributed by atoms with van der Waals surface area (Å²) in [5.74, 6) is 2.60. The van der Waals surface area contributed by atoms with Crippen molar-refractivity contribution in [1.29, 1.82) is 0 Å². The van der Waals surface area contributed by atoms with Crippen molar-refractivity contribution < 1.29 is 24.8 Å². The van der Waals surface area contributed by atoms with Gasteiger partial charge in [0.25, 0.3) is 0 Å². The van der Waals surface area contributed by atoms with E-state index in [-0.39, 0.29) is 6.42 Å². The number of halogens is 1. The van der Waals surface area contributed by atoms with E-state index in [2.05, 4.69) is 11.4 Å². The molecule has 0 aliphatic carbocycles. The molecule has 0 amide bonds. The minimum atomic E-state index is -1.17. The Bertz CT molecular complexity index is 837. The third kappa shape index (κ3) is 6.32. The highest BCUT2D eigenvalue weighted by molar-refractivity contribution is 6.13. The largest absolute Gasteiger partial charge is 0.462 e. The molecule has 0 aliphatic rings. The van der Waals surface area contributed by atoms with Gasteiger partial charge in [0.05, 0.1) is 30.6 Å². The molecule has 0 aromatic heterocycles. The summed E-state index contributed by atoms with van der Waals surface area (Å²) in [6.07, 6.45) is 0.998. The fourth-order valence-electron chi connectivity index (χ4n) is 2.82. The van der Waals surface area contributed by atoms with E-state index in [0.717, 1.165) is 11.3 Å². The van der Waals surface area contributed by atoms with Crippen LogP contribution in [0.3, 0.4) is 0 Å². The summed E-state index contributed by atoms with van der Waals surface area (Å²) >= 11 is 5.62. The molecule has 0 aliphatic heterocycles. The molecule has 4 N–H and O–H groups in total. The Kier molecular flexibility index (Phi) is 8.89. The van der Waals surface area contributed by atoms with Crippen LogP contribution in [0.4, 0.5) is 0 Å². The van der Waals surface area contributed by atoms with Crippen molar-refractivity contribution in [3.05, 3.63) is 78.1 Å². The van der Waals surface area contributed by atoms with Crippen LogP contribution in [0.5, 0.6) is 11.5 Å². The Balaban J connectivity index is 2.04. The quantitative estimate of drug-likeness (QED) is 0.312. The van der Waals surface area contributed by atoms with Crippen molar-refractivity contribution in [3.63, 3.8) is 0 Å². The van der Waals surface area contributed by atoms with Gasteiger partial charge >= 0.3 is 0 Å². The van der Waals surface area contributed by atoms with Crippen LogP contribution < -0.4 is 9.57 Å².